The van der Waals surface area contributed by atoms with Gasteiger partial charge in [-0.15, -0.1) is 6.58 Å². The molecule has 0 radical (unpaired) electrons. The molecule has 3 amide bonds. The van der Waals surface area contributed by atoms with E-state index in [-0.39, 0.29) is 18.5 Å². The Labute approximate surface area is 162 Å². The average molecular weight is 386 g/mol. The Morgan fingerprint density at radius 2 is 2.00 bits per heavy atom. The van der Waals surface area contributed by atoms with E-state index in [1.54, 1.807) is 19.2 Å². The number of aliphatic imine (C=N–C) groups is 1. The van der Waals surface area contributed by atoms with E-state index in [0.29, 0.717) is 17.5 Å². The number of hydrogen-bond acceptors (Lipinski definition) is 5. The average Bonchev–Trinajstić information content (AvgIpc) is 3.15. The van der Waals surface area contributed by atoms with Crippen molar-refractivity contribution in [2.45, 2.75) is 25.7 Å². The fraction of sp³-hybridized carbons (Fsp3) is 0.316. The van der Waals surface area contributed by atoms with Crippen LogP contribution in [0.15, 0.2) is 53.8 Å². The van der Waals surface area contributed by atoms with Gasteiger partial charge in [0.2, 0.25) is 5.96 Å². The zero-order chi connectivity index (χ0) is 19.3. The molecule has 27 heavy (non-hydrogen) atoms. The van der Waals surface area contributed by atoms with Crippen LogP contribution in [-0.4, -0.2) is 63.3 Å². The summed E-state index contributed by atoms with van der Waals surface area (Å²) >= 11 is 6.23. The molecule has 1 fully saturated rings. The van der Waals surface area contributed by atoms with Gasteiger partial charge in [-0.05, 0) is 18.6 Å². The van der Waals surface area contributed by atoms with Crippen molar-refractivity contribution in [1.29, 1.82) is 0 Å². The molecule has 1 aromatic carbocycles. The molecule has 7 nitrogen and oxygen atoms in total. The number of nitrogens with zero attached hydrogens (tertiary/aromatic N) is 5. The van der Waals surface area contributed by atoms with Gasteiger partial charge in [0.1, 0.15) is 0 Å². The first kappa shape index (κ1) is 17.6. The SMILES string of the molecule is C=CCN1C(C)=CN2C1=NC1C2C(=O)N(Cc2ccccc2Cl)C(=O)N1C. The number of amides is 3. The van der Waals surface area contributed by atoms with Gasteiger partial charge in [0.15, 0.2) is 12.2 Å². The molecule has 1 saturated heterocycles. The summed E-state index contributed by atoms with van der Waals surface area (Å²) in [5.74, 6) is 0.404. The fourth-order valence-electron chi connectivity index (χ4n) is 3.70. The van der Waals surface area contributed by atoms with E-state index in [0.717, 1.165) is 11.3 Å². The van der Waals surface area contributed by atoms with Crippen LogP contribution in [0.3, 0.4) is 0 Å². The summed E-state index contributed by atoms with van der Waals surface area (Å²) < 4.78 is 0. The number of halogens is 1. The third-order valence-electron chi connectivity index (χ3n) is 5.10. The van der Waals surface area contributed by atoms with Crippen molar-refractivity contribution >= 4 is 29.5 Å². The molecule has 2 atom stereocenters. The van der Waals surface area contributed by atoms with Crippen LogP contribution in [-0.2, 0) is 11.3 Å². The molecule has 2 unspecified atom stereocenters. The van der Waals surface area contributed by atoms with E-state index in [2.05, 4.69) is 11.6 Å². The van der Waals surface area contributed by atoms with Gasteiger partial charge in [0.05, 0.1) is 6.54 Å². The van der Waals surface area contributed by atoms with Gasteiger partial charge in [-0.2, -0.15) is 0 Å². The Balaban J connectivity index is 1.66. The lowest BCUT2D eigenvalue weighted by molar-refractivity contribution is -0.137. The Kier molecular flexibility index (Phi) is 4.19. The van der Waals surface area contributed by atoms with Gasteiger partial charge in [-0.1, -0.05) is 35.9 Å². The maximum Gasteiger partial charge on any atom is 0.328 e. The maximum absolute atomic E-state index is 13.2. The van der Waals surface area contributed by atoms with Crippen LogP contribution < -0.4 is 0 Å². The van der Waals surface area contributed by atoms with Crippen LogP contribution in [0.5, 0.6) is 0 Å². The van der Waals surface area contributed by atoms with Gasteiger partial charge in [-0.3, -0.25) is 9.69 Å². The van der Waals surface area contributed by atoms with Gasteiger partial charge < -0.3 is 14.7 Å². The molecule has 0 N–H and O–H groups in total. The summed E-state index contributed by atoms with van der Waals surface area (Å²) in [6.07, 6.45) is 3.15. The predicted octanol–water partition coefficient (Wildman–Crippen LogP) is 2.46. The molecule has 0 bridgehead atoms. The summed E-state index contributed by atoms with van der Waals surface area (Å²) in [6, 6.07) is 6.27. The van der Waals surface area contributed by atoms with Crippen molar-refractivity contribution in [3.05, 3.63) is 59.4 Å². The minimum Gasteiger partial charge on any atom is -0.311 e. The van der Waals surface area contributed by atoms with Crippen LogP contribution in [0.25, 0.3) is 0 Å². The molecular formula is C19H20ClN5O2. The molecular weight excluding hydrogens is 366 g/mol. The lowest BCUT2D eigenvalue weighted by Crippen LogP contribution is -2.63. The third kappa shape index (κ3) is 2.61. The van der Waals surface area contributed by atoms with Gasteiger partial charge in [0, 0.05) is 30.5 Å². The second-order valence-corrected chi connectivity index (χ2v) is 7.18. The zero-order valence-corrected chi connectivity index (χ0v) is 15.9. The second kappa shape index (κ2) is 6.42. The third-order valence-corrected chi connectivity index (χ3v) is 5.47. The van der Waals surface area contributed by atoms with Gasteiger partial charge in [0.25, 0.3) is 5.91 Å². The number of allylic oxidation sites excluding steroid dienone is 1. The van der Waals surface area contributed by atoms with Gasteiger partial charge in [-0.25, -0.2) is 9.79 Å². The highest BCUT2D eigenvalue weighted by Crippen LogP contribution is 2.34. The monoisotopic (exact) mass is 385 g/mol. The van der Waals surface area contributed by atoms with Crippen molar-refractivity contribution in [3.8, 4) is 0 Å². The van der Waals surface area contributed by atoms with E-state index in [9.17, 15) is 9.59 Å². The summed E-state index contributed by atoms with van der Waals surface area (Å²) in [6.45, 7) is 6.46. The number of benzene rings is 1. The minimum atomic E-state index is -0.574. The number of carbonyl (C=O) groups excluding carboxylic acids is 2. The Bertz CT molecular complexity index is 896. The minimum absolute atomic E-state index is 0.132. The molecule has 140 valence electrons. The smallest absolute Gasteiger partial charge is 0.311 e. The lowest BCUT2D eigenvalue weighted by Gasteiger charge is -2.40. The Hall–Kier alpha value is -2.80. The largest absolute Gasteiger partial charge is 0.328 e. The van der Waals surface area contributed by atoms with Crippen molar-refractivity contribution in [3.63, 3.8) is 0 Å². The highest BCUT2D eigenvalue weighted by molar-refractivity contribution is 6.31. The first-order valence-corrected chi connectivity index (χ1v) is 9.06. The molecule has 0 saturated carbocycles. The summed E-state index contributed by atoms with van der Waals surface area (Å²) in [7, 11) is 1.67. The highest BCUT2D eigenvalue weighted by Gasteiger charge is 2.54. The van der Waals surface area contributed by atoms with Crippen LogP contribution in [0.2, 0.25) is 5.02 Å². The standard InChI is InChI=1S/C19H20ClN5O2/c1-4-9-23-12(2)10-24-15-16(21-18(23)24)22(3)19(27)25(17(15)26)11-13-7-5-6-8-14(13)20/h4-8,10,15-16H,1,9,11H2,2-3H3. The van der Waals surface area contributed by atoms with Gasteiger partial charge >= 0.3 is 6.03 Å². The van der Waals surface area contributed by atoms with E-state index in [1.807, 2.05) is 41.1 Å². The van der Waals surface area contributed by atoms with E-state index < -0.39 is 12.2 Å². The molecule has 1 aromatic rings. The van der Waals surface area contributed by atoms with E-state index >= 15 is 0 Å². The van der Waals surface area contributed by atoms with Crippen LogP contribution in [0, 0.1) is 0 Å². The number of guanidine groups is 1. The number of imide groups is 1. The molecule has 0 aliphatic carbocycles. The topological polar surface area (TPSA) is 59.5 Å². The molecule has 3 aliphatic heterocycles. The molecule has 0 spiro atoms. The second-order valence-electron chi connectivity index (χ2n) is 6.77. The number of likely N-dealkylation sites (N-methyl/N-ethyl adjacent to an activating group) is 1. The number of hydrogen-bond donors (Lipinski definition) is 0. The highest BCUT2D eigenvalue weighted by atomic mass is 35.5. The number of urea groups is 1. The zero-order valence-electron chi connectivity index (χ0n) is 15.2. The predicted molar refractivity (Wildman–Crippen MR) is 103 cm³/mol. The quantitative estimate of drug-likeness (QED) is 0.747. The molecule has 4 rings (SSSR count). The first-order valence-electron chi connectivity index (χ1n) is 8.68. The summed E-state index contributed by atoms with van der Waals surface area (Å²) in [5, 5.41) is 0.528. The number of fused-ring (bicyclic) bond motifs is 3. The molecule has 0 aromatic heterocycles. The number of carbonyl (C=O) groups is 2. The number of rotatable bonds is 4. The molecule has 8 heteroatoms. The van der Waals surface area contributed by atoms with Crippen molar-refractivity contribution < 1.29 is 9.59 Å². The fourth-order valence-corrected chi connectivity index (χ4v) is 3.89. The normalized spacial score (nSPS) is 24.1. The summed E-state index contributed by atoms with van der Waals surface area (Å²) in [5.41, 5.74) is 1.71. The van der Waals surface area contributed by atoms with Crippen LogP contribution >= 0.6 is 11.6 Å². The Morgan fingerprint density at radius 3 is 2.70 bits per heavy atom. The first-order chi connectivity index (χ1) is 12.9. The molecule has 3 heterocycles. The van der Waals surface area contributed by atoms with Crippen LogP contribution in [0.1, 0.15) is 12.5 Å². The van der Waals surface area contributed by atoms with Crippen molar-refractivity contribution in [2.75, 3.05) is 13.6 Å². The van der Waals surface area contributed by atoms with E-state index in [4.69, 9.17) is 11.6 Å². The lowest BCUT2D eigenvalue weighted by atomic mass is 10.1. The van der Waals surface area contributed by atoms with Crippen molar-refractivity contribution in [2.24, 2.45) is 4.99 Å². The van der Waals surface area contributed by atoms with Crippen LogP contribution in [0.4, 0.5) is 4.79 Å². The van der Waals surface area contributed by atoms with Crippen molar-refractivity contribution in [1.82, 2.24) is 19.6 Å². The van der Waals surface area contributed by atoms with E-state index in [1.165, 1.54) is 9.80 Å². The Morgan fingerprint density at radius 1 is 1.26 bits per heavy atom. The molecule has 3 aliphatic rings. The maximum atomic E-state index is 13.2. The summed E-state index contributed by atoms with van der Waals surface area (Å²) in [4.78, 5) is 37.4.